The van der Waals surface area contributed by atoms with Crippen LogP contribution in [0.25, 0.3) is 0 Å². The van der Waals surface area contributed by atoms with Crippen LogP contribution < -0.4 is 10.1 Å². The summed E-state index contributed by atoms with van der Waals surface area (Å²) >= 11 is 0. The normalized spacial score (nSPS) is 14.2. The zero-order valence-electron chi connectivity index (χ0n) is 15.6. The topological polar surface area (TPSA) is 41.6 Å². The first-order chi connectivity index (χ1) is 13.3. The molecular weight excluding hydrogens is 369 g/mol. The van der Waals surface area contributed by atoms with Crippen LogP contribution in [-0.2, 0) is 13.1 Å². The van der Waals surface area contributed by atoms with E-state index in [0.29, 0.717) is 24.7 Å². The van der Waals surface area contributed by atoms with Crippen molar-refractivity contribution in [3.63, 3.8) is 0 Å². The molecule has 1 amide bonds. The lowest BCUT2D eigenvalue weighted by Crippen LogP contribution is -2.25. The predicted molar refractivity (Wildman–Crippen MR) is 100 cm³/mol. The predicted octanol–water partition coefficient (Wildman–Crippen LogP) is 4.15. The lowest BCUT2D eigenvalue weighted by Gasteiger charge is -2.17. The van der Waals surface area contributed by atoms with Gasteiger partial charge in [-0.15, -0.1) is 0 Å². The quantitative estimate of drug-likeness (QED) is 0.734. The van der Waals surface area contributed by atoms with E-state index in [4.69, 9.17) is 4.74 Å². The van der Waals surface area contributed by atoms with Crippen molar-refractivity contribution in [2.24, 2.45) is 0 Å². The number of nitrogens with one attached hydrogen (secondary N) is 1. The van der Waals surface area contributed by atoms with Crippen molar-refractivity contribution in [1.29, 1.82) is 0 Å². The van der Waals surface area contributed by atoms with E-state index in [1.54, 1.807) is 24.3 Å². The van der Waals surface area contributed by atoms with E-state index in [1.807, 2.05) is 31.3 Å². The van der Waals surface area contributed by atoms with Gasteiger partial charge in [0.1, 0.15) is 5.75 Å². The van der Waals surface area contributed by atoms with Gasteiger partial charge in [0.2, 0.25) is 0 Å². The Morgan fingerprint density at radius 3 is 2.07 bits per heavy atom. The van der Waals surface area contributed by atoms with E-state index < -0.39 is 12.8 Å². The molecule has 0 saturated heterocycles. The van der Waals surface area contributed by atoms with Gasteiger partial charge in [0.05, 0.1) is 0 Å². The maximum absolute atomic E-state index is 12.2. The maximum Gasteiger partial charge on any atom is 0.422 e. The van der Waals surface area contributed by atoms with Gasteiger partial charge in [-0.2, -0.15) is 13.2 Å². The molecular formula is C21H23F3N2O2. The minimum atomic E-state index is -4.34. The third-order valence-corrected chi connectivity index (χ3v) is 4.36. The molecule has 0 unspecified atom stereocenters. The van der Waals surface area contributed by atoms with Crippen LogP contribution >= 0.6 is 0 Å². The molecule has 3 rings (SSSR count). The highest BCUT2D eigenvalue weighted by atomic mass is 19.4. The smallest absolute Gasteiger partial charge is 0.422 e. The second-order valence-electron chi connectivity index (χ2n) is 7.16. The highest BCUT2D eigenvalue weighted by molar-refractivity contribution is 5.94. The van der Waals surface area contributed by atoms with Crippen LogP contribution in [0, 0.1) is 0 Å². The van der Waals surface area contributed by atoms with E-state index >= 15 is 0 Å². The molecule has 0 bridgehead atoms. The van der Waals surface area contributed by atoms with Crippen LogP contribution in [0.4, 0.5) is 13.2 Å². The molecule has 4 nitrogen and oxygen atoms in total. The summed E-state index contributed by atoms with van der Waals surface area (Å²) in [5.41, 5.74) is 2.71. The molecule has 1 fully saturated rings. The summed E-state index contributed by atoms with van der Waals surface area (Å²) in [6.07, 6.45) is -2.22. The molecule has 1 aliphatic rings. The number of rotatable bonds is 8. The van der Waals surface area contributed by atoms with Gasteiger partial charge < -0.3 is 10.1 Å². The first-order valence-corrected chi connectivity index (χ1v) is 9.15. The fourth-order valence-corrected chi connectivity index (χ4v) is 2.79. The molecule has 28 heavy (non-hydrogen) atoms. The molecule has 1 saturated carbocycles. The van der Waals surface area contributed by atoms with Crippen LogP contribution in [-0.4, -0.2) is 36.7 Å². The van der Waals surface area contributed by atoms with Crippen LogP contribution in [0.15, 0.2) is 48.5 Å². The molecule has 1 aliphatic carbocycles. The van der Waals surface area contributed by atoms with Crippen molar-refractivity contribution >= 4 is 5.91 Å². The Morgan fingerprint density at radius 2 is 1.57 bits per heavy atom. The van der Waals surface area contributed by atoms with Gasteiger partial charge in [-0.1, -0.05) is 24.3 Å². The van der Waals surface area contributed by atoms with Gasteiger partial charge in [0, 0.05) is 24.7 Å². The first kappa shape index (κ1) is 20.2. The molecule has 150 valence electrons. The van der Waals surface area contributed by atoms with Crippen LogP contribution in [0.3, 0.4) is 0 Å². The number of hydrogen-bond acceptors (Lipinski definition) is 3. The summed E-state index contributed by atoms with van der Waals surface area (Å²) in [6, 6.07) is 14.5. The average Bonchev–Trinajstić information content (AvgIpc) is 3.45. The largest absolute Gasteiger partial charge is 0.484 e. The average molecular weight is 392 g/mol. The number of ether oxygens (including phenoxy) is 1. The maximum atomic E-state index is 12.2. The number of benzene rings is 2. The van der Waals surface area contributed by atoms with Crippen molar-refractivity contribution in [2.45, 2.75) is 38.1 Å². The lowest BCUT2D eigenvalue weighted by atomic mass is 10.1. The summed E-state index contributed by atoms with van der Waals surface area (Å²) in [5.74, 6) is 0.166. The molecule has 2 aromatic rings. The number of carbonyl (C=O) groups excluding carboxylic acids is 1. The molecule has 1 N–H and O–H groups in total. The van der Waals surface area contributed by atoms with Crippen molar-refractivity contribution in [1.82, 2.24) is 10.2 Å². The Balaban J connectivity index is 1.48. The second-order valence-corrected chi connectivity index (χ2v) is 7.16. The molecule has 0 heterocycles. The Morgan fingerprint density at radius 1 is 1.04 bits per heavy atom. The Labute approximate surface area is 162 Å². The Hall–Kier alpha value is -2.54. The van der Waals surface area contributed by atoms with Gasteiger partial charge in [0.25, 0.3) is 5.91 Å². The summed E-state index contributed by atoms with van der Waals surface area (Å²) in [6.45, 7) is 0.0429. The highest BCUT2D eigenvalue weighted by Gasteiger charge is 2.28. The number of alkyl halides is 3. The summed E-state index contributed by atoms with van der Waals surface area (Å²) < 4.78 is 41.2. The van der Waals surface area contributed by atoms with Crippen LogP contribution in [0.5, 0.6) is 5.75 Å². The molecule has 0 aliphatic heterocycles. The zero-order chi connectivity index (χ0) is 20.1. The van der Waals surface area contributed by atoms with E-state index in [0.717, 1.165) is 24.0 Å². The third kappa shape index (κ3) is 6.56. The summed E-state index contributed by atoms with van der Waals surface area (Å²) in [7, 11) is 1.96. The van der Waals surface area contributed by atoms with E-state index in [-0.39, 0.29) is 11.7 Å². The van der Waals surface area contributed by atoms with Crippen molar-refractivity contribution in [2.75, 3.05) is 13.7 Å². The van der Waals surface area contributed by atoms with Gasteiger partial charge in [-0.3, -0.25) is 9.69 Å². The molecule has 7 heteroatoms. The number of hydrogen-bond donors (Lipinski definition) is 1. The Kier molecular flexibility index (Phi) is 6.24. The molecule has 0 aromatic heterocycles. The fraction of sp³-hybridized carbons (Fsp3) is 0.381. The minimum Gasteiger partial charge on any atom is -0.484 e. The molecule has 0 atom stereocenters. The van der Waals surface area contributed by atoms with E-state index in [1.165, 1.54) is 0 Å². The number of carbonyl (C=O) groups is 1. The van der Waals surface area contributed by atoms with E-state index in [2.05, 4.69) is 10.2 Å². The van der Waals surface area contributed by atoms with Crippen LogP contribution in [0.2, 0.25) is 0 Å². The third-order valence-electron chi connectivity index (χ3n) is 4.36. The first-order valence-electron chi connectivity index (χ1n) is 9.15. The summed E-state index contributed by atoms with van der Waals surface area (Å²) in [4.78, 5) is 14.1. The van der Waals surface area contributed by atoms with Crippen molar-refractivity contribution < 1.29 is 22.7 Å². The summed E-state index contributed by atoms with van der Waals surface area (Å²) in [5, 5.41) is 2.96. The lowest BCUT2D eigenvalue weighted by molar-refractivity contribution is -0.153. The van der Waals surface area contributed by atoms with Crippen molar-refractivity contribution in [3.05, 3.63) is 65.2 Å². The van der Waals surface area contributed by atoms with Crippen LogP contribution in [0.1, 0.15) is 34.3 Å². The second kappa shape index (κ2) is 8.65. The monoisotopic (exact) mass is 392 g/mol. The number of halogens is 3. The fourth-order valence-electron chi connectivity index (χ4n) is 2.79. The SMILES string of the molecule is CN(Cc1ccc(OCC(F)(F)F)cc1)Cc1ccc(C(=O)NC2CC2)cc1. The standard InChI is InChI=1S/C21H23F3N2O2/c1-26(13-16-4-10-19(11-5-16)28-14-21(22,23)24)12-15-2-6-17(7-3-15)20(27)25-18-8-9-18/h2-7,10-11,18H,8-9,12-14H2,1H3,(H,25,27). The van der Waals surface area contributed by atoms with Gasteiger partial charge >= 0.3 is 6.18 Å². The Bertz CT molecular complexity index is 785. The molecule has 0 spiro atoms. The highest BCUT2D eigenvalue weighted by Crippen LogP contribution is 2.20. The van der Waals surface area contributed by atoms with Crippen molar-refractivity contribution in [3.8, 4) is 5.75 Å². The van der Waals surface area contributed by atoms with Gasteiger partial charge in [-0.05, 0) is 55.3 Å². The number of amides is 1. The van der Waals surface area contributed by atoms with E-state index in [9.17, 15) is 18.0 Å². The van der Waals surface area contributed by atoms with Gasteiger partial charge in [-0.25, -0.2) is 0 Å². The number of nitrogens with zero attached hydrogens (tertiary/aromatic N) is 1. The van der Waals surface area contributed by atoms with Gasteiger partial charge in [0.15, 0.2) is 6.61 Å². The zero-order valence-corrected chi connectivity index (χ0v) is 15.6. The minimum absolute atomic E-state index is 0.0322. The molecule has 2 aromatic carbocycles. The molecule has 0 radical (unpaired) electrons.